The largest absolute Gasteiger partial charge is 0.140 e. The molecule has 0 saturated heterocycles. The van der Waals surface area contributed by atoms with Crippen molar-refractivity contribution in [3.8, 4) is 20.2 Å². The predicted molar refractivity (Wildman–Crippen MR) is 139 cm³/mol. The number of hydrogen-bond acceptors (Lipinski definition) is 2. The van der Waals surface area contributed by atoms with E-state index < -0.39 is 0 Å². The van der Waals surface area contributed by atoms with Crippen LogP contribution in [0.15, 0.2) is 72.8 Å². The van der Waals surface area contributed by atoms with E-state index in [1.54, 1.807) is 0 Å². The fourth-order valence-corrected chi connectivity index (χ4v) is 5.94. The van der Waals surface area contributed by atoms with Crippen LogP contribution in [0.3, 0.4) is 0 Å². The molecule has 0 amide bonds. The molecule has 0 nitrogen and oxygen atoms in total. The monoisotopic (exact) mass is 444 g/mol. The van der Waals surface area contributed by atoms with E-state index >= 15 is 0 Å². The molecule has 1 unspecified atom stereocenters. The van der Waals surface area contributed by atoms with Crippen LogP contribution in [0, 0.1) is 25.2 Å². The summed E-state index contributed by atoms with van der Waals surface area (Å²) in [6, 6.07) is 27.3. The first-order valence-corrected chi connectivity index (χ1v) is 12.7. The average Bonchev–Trinajstić information content (AvgIpc) is 3.38. The minimum atomic E-state index is 0.269. The maximum absolute atomic E-state index is 2.37. The van der Waals surface area contributed by atoms with Crippen LogP contribution in [0.5, 0.6) is 0 Å². The van der Waals surface area contributed by atoms with Gasteiger partial charge in [-0.05, 0) is 79.0 Å². The lowest BCUT2D eigenvalue weighted by molar-refractivity contribution is 0.237. The van der Waals surface area contributed by atoms with Crippen LogP contribution in [0.4, 0.5) is 0 Å². The van der Waals surface area contributed by atoms with E-state index in [-0.39, 0.29) is 5.41 Å². The first kappa shape index (κ1) is 22.0. The van der Waals surface area contributed by atoms with Crippen molar-refractivity contribution in [3.63, 3.8) is 0 Å². The molecule has 160 valence electrons. The number of thiophene rings is 2. The van der Waals surface area contributed by atoms with E-state index in [1.807, 2.05) is 22.7 Å². The normalized spacial score (nSPS) is 12.8. The first-order valence-electron chi connectivity index (χ1n) is 11.1. The highest BCUT2D eigenvalue weighted by Gasteiger charge is 2.25. The van der Waals surface area contributed by atoms with Crippen molar-refractivity contribution in [3.05, 3.63) is 94.4 Å². The summed E-state index contributed by atoms with van der Waals surface area (Å²) in [5, 5.41) is 0. The highest BCUT2D eigenvalue weighted by Crippen LogP contribution is 2.38. The van der Waals surface area contributed by atoms with Gasteiger partial charge in [-0.3, -0.25) is 0 Å². The Kier molecular flexibility index (Phi) is 6.50. The van der Waals surface area contributed by atoms with E-state index in [0.29, 0.717) is 5.92 Å². The highest BCUT2D eigenvalue weighted by molar-refractivity contribution is 7.23. The first-order chi connectivity index (χ1) is 14.8. The third-order valence-corrected chi connectivity index (χ3v) is 8.47. The lowest BCUT2D eigenvalue weighted by Crippen LogP contribution is -2.25. The van der Waals surface area contributed by atoms with Crippen molar-refractivity contribution in [1.29, 1.82) is 0 Å². The molecule has 0 fully saturated rings. The van der Waals surface area contributed by atoms with Gasteiger partial charge in [-0.2, -0.15) is 0 Å². The Hall–Kier alpha value is -2.16. The fraction of sp³-hybridized carbons (Fsp3) is 0.310. The van der Waals surface area contributed by atoms with Gasteiger partial charge >= 0.3 is 0 Å². The van der Waals surface area contributed by atoms with E-state index in [2.05, 4.69) is 107 Å². The van der Waals surface area contributed by atoms with Crippen LogP contribution in [0.25, 0.3) is 20.2 Å². The third kappa shape index (κ3) is 5.56. The van der Waals surface area contributed by atoms with Gasteiger partial charge in [-0.1, -0.05) is 74.9 Å². The Morgan fingerprint density at radius 1 is 0.613 bits per heavy atom. The van der Waals surface area contributed by atoms with E-state index in [0.717, 1.165) is 12.8 Å². The summed E-state index contributed by atoms with van der Waals surface area (Å²) >= 11 is 3.76. The van der Waals surface area contributed by atoms with E-state index in [4.69, 9.17) is 0 Å². The number of benzene rings is 2. The zero-order valence-corrected chi connectivity index (χ0v) is 20.9. The summed E-state index contributed by atoms with van der Waals surface area (Å²) < 4.78 is 0. The average molecular weight is 445 g/mol. The van der Waals surface area contributed by atoms with Crippen LogP contribution in [0.2, 0.25) is 0 Å². The summed E-state index contributed by atoms with van der Waals surface area (Å²) in [5.41, 5.74) is 5.79. The van der Waals surface area contributed by atoms with Crippen LogP contribution < -0.4 is 0 Å². The van der Waals surface area contributed by atoms with Crippen LogP contribution in [0.1, 0.15) is 42.3 Å². The zero-order chi connectivity index (χ0) is 22.0. The number of aryl methyl sites for hydroxylation is 2. The van der Waals surface area contributed by atoms with Crippen molar-refractivity contribution in [2.45, 2.75) is 47.5 Å². The molecule has 4 rings (SSSR count). The summed E-state index contributed by atoms with van der Waals surface area (Å²) in [6.07, 6.45) is 2.24. The fourth-order valence-electron chi connectivity index (χ4n) is 3.98. The smallest absolute Gasteiger partial charge is 0.0449 e. The second-order valence-corrected chi connectivity index (χ2v) is 12.1. The summed E-state index contributed by atoms with van der Waals surface area (Å²) in [7, 11) is 0. The quantitative estimate of drug-likeness (QED) is 0.278. The number of rotatable bonds is 6. The molecule has 2 heteroatoms. The molecule has 2 aromatic carbocycles. The molecule has 2 aromatic heterocycles. The molecular formula is C29H32S2. The second kappa shape index (κ2) is 9.14. The van der Waals surface area contributed by atoms with Crippen LogP contribution in [-0.2, 0) is 12.8 Å². The van der Waals surface area contributed by atoms with Gasteiger partial charge in [0.1, 0.15) is 0 Å². The van der Waals surface area contributed by atoms with Gasteiger partial charge < -0.3 is 0 Å². The van der Waals surface area contributed by atoms with Gasteiger partial charge in [0.25, 0.3) is 0 Å². The predicted octanol–water partition coefficient (Wildman–Crippen LogP) is 9.21. The van der Waals surface area contributed by atoms with Crippen molar-refractivity contribution < 1.29 is 0 Å². The van der Waals surface area contributed by atoms with Gasteiger partial charge in [-0.15, -0.1) is 22.7 Å². The Morgan fingerprint density at radius 3 is 1.68 bits per heavy atom. The second-order valence-electron chi connectivity index (χ2n) is 9.73. The molecular weight excluding hydrogens is 412 g/mol. The van der Waals surface area contributed by atoms with Gasteiger partial charge in [0.15, 0.2) is 0 Å². The molecule has 2 heterocycles. The molecule has 4 aromatic rings. The maximum atomic E-state index is 2.37. The summed E-state index contributed by atoms with van der Waals surface area (Å²) in [6.45, 7) is 11.5. The summed E-state index contributed by atoms with van der Waals surface area (Å²) in [4.78, 5) is 5.45. The standard InChI is InChI=1S/C29H32S2/c1-20-6-9-22(10-7-20)18-25(29(3,4)5)19-23-11-13-24(14-12-23)26-16-17-28(31-26)27-15-8-21(2)30-27/h6-17,25H,18-19H2,1-5H3. The van der Waals surface area contributed by atoms with E-state index in [1.165, 1.54) is 41.8 Å². The third-order valence-electron chi connectivity index (χ3n) is 6.14. The van der Waals surface area contributed by atoms with Gasteiger partial charge in [0, 0.05) is 19.5 Å². The van der Waals surface area contributed by atoms with Gasteiger partial charge in [0.05, 0.1) is 0 Å². The molecule has 0 radical (unpaired) electrons. The molecule has 31 heavy (non-hydrogen) atoms. The molecule has 0 bridgehead atoms. The summed E-state index contributed by atoms with van der Waals surface area (Å²) in [5.74, 6) is 0.608. The van der Waals surface area contributed by atoms with Gasteiger partial charge in [0.2, 0.25) is 0 Å². The SMILES string of the molecule is Cc1ccc(CC(Cc2ccc(-c3ccc(-c4ccc(C)s4)s3)cc2)C(C)(C)C)cc1. The lowest BCUT2D eigenvalue weighted by Gasteiger charge is -2.31. The van der Waals surface area contributed by atoms with Crippen LogP contribution in [-0.4, -0.2) is 0 Å². The van der Waals surface area contributed by atoms with Gasteiger partial charge in [-0.25, -0.2) is 0 Å². The topological polar surface area (TPSA) is 0 Å². The van der Waals surface area contributed by atoms with Crippen molar-refractivity contribution in [2.24, 2.45) is 11.3 Å². The lowest BCUT2D eigenvalue weighted by atomic mass is 9.74. The molecule has 0 spiro atoms. The Bertz CT molecular complexity index is 1120. The Balaban J connectivity index is 1.48. The number of hydrogen-bond donors (Lipinski definition) is 0. The van der Waals surface area contributed by atoms with Crippen molar-refractivity contribution in [2.75, 3.05) is 0 Å². The zero-order valence-electron chi connectivity index (χ0n) is 19.2. The highest BCUT2D eigenvalue weighted by atomic mass is 32.1. The molecule has 1 atom stereocenters. The molecule has 0 aliphatic rings. The maximum Gasteiger partial charge on any atom is 0.0449 e. The molecule has 0 saturated carbocycles. The van der Waals surface area contributed by atoms with Crippen molar-refractivity contribution >= 4 is 22.7 Å². The Labute approximate surface area is 195 Å². The molecule has 0 N–H and O–H groups in total. The van der Waals surface area contributed by atoms with Crippen molar-refractivity contribution in [1.82, 2.24) is 0 Å². The van der Waals surface area contributed by atoms with E-state index in [9.17, 15) is 0 Å². The Morgan fingerprint density at radius 2 is 1.13 bits per heavy atom. The minimum absolute atomic E-state index is 0.269. The minimum Gasteiger partial charge on any atom is -0.140 e. The molecule has 0 aliphatic carbocycles. The molecule has 0 aliphatic heterocycles. The van der Waals surface area contributed by atoms with Crippen LogP contribution >= 0.6 is 22.7 Å².